The van der Waals surface area contributed by atoms with Crippen molar-refractivity contribution in [2.75, 3.05) is 0 Å². The van der Waals surface area contributed by atoms with Crippen LogP contribution in [-0.4, -0.2) is 33.2 Å². The molecule has 0 saturated carbocycles. The van der Waals surface area contributed by atoms with Crippen molar-refractivity contribution in [3.63, 3.8) is 0 Å². The van der Waals surface area contributed by atoms with E-state index < -0.39 is 17.2 Å². The Morgan fingerprint density at radius 2 is 1.83 bits per heavy atom. The van der Waals surface area contributed by atoms with E-state index in [-0.39, 0.29) is 17.8 Å². The van der Waals surface area contributed by atoms with E-state index in [0.717, 1.165) is 11.8 Å². The molecule has 0 aliphatic rings. The normalized spacial score (nSPS) is 11.8. The predicted molar refractivity (Wildman–Crippen MR) is 66.0 cm³/mol. The second kappa shape index (κ2) is 6.20. The van der Waals surface area contributed by atoms with Crippen LogP contribution in [0.5, 0.6) is 0 Å². The van der Waals surface area contributed by atoms with Gasteiger partial charge in [-0.1, -0.05) is 12.1 Å². The second-order valence-corrected chi connectivity index (χ2v) is 4.90. The van der Waals surface area contributed by atoms with Gasteiger partial charge in [-0.05, 0) is 19.1 Å². The lowest BCUT2D eigenvalue weighted by Gasteiger charge is -2.11. The Morgan fingerprint density at radius 1 is 1.22 bits per heavy atom. The molecule has 18 heavy (non-hydrogen) atoms. The summed E-state index contributed by atoms with van der Waals surface area (Å²) < 4.78 is 0. The lowest BCUT2D eigenvalue weighted by molar-refractivity contribution is -0.137. The summed E-state index contributed by atoms with van der Waals surface area (Å²) in [5, 5.41) is 17.0. The number of ketones is 1. The first kappa shape index (κ1) is 14.2. The van der Waals surface area contributed by atoms with Crippen molar-refractivity contribution in [3.8, 4) is 0 Å². The Labute approximate surface area is 108 Å². The number of carbonyl (C=O) groups excluding carboxylic acids is 1. The van der Waals surface area contributed by atoms with Gasteiger partial charge in [0.25, 0.3) is 0 Å². The fourth-order valence-corrected chi connectivity index (χ4v) is 2.50. The highest BCUT2D eigenvalue weighted by molar-refractivity contribution is 8.00. The molecule has 0 spiro atoms. The zero-order valence-corrected chi connectivity index (χ0v) is 10.4. The van der Waals surface area contributed by atoms with Gasteiger partial charge in [-0.3, -0.25) is 9.59 Å². The number of benzene rings is 1. The van der Waals surface area contributed by atoms with Crippen LogP contribution in [0.25, 0.3) is 0 Å². The standard InChI is InChI=1S/C12H12O5S/c1-7(13)6-10(12(16)17)18-9-5-3-2-4-8(9)11(14)15/h2-5,10H,6H2,1H3,(H,14,15)(H,16,17). The molecule has 0 heterocycles. The first-order chi connectivity index (χ1) is 8.41. The number of rotatable bonds is 6. The Balaban J connectivity index is 2.97. The van der Waals surface area contributed by atoms with Crippen molar-refractivity contribution in [2.45, 2.75) is 23.5 Å². The maximum Gasteiger partial charge on any atom is 0.336 e. The van der Waals surface area contributed by atoms with Crippen molar-refractivity contribution >= 4 is 29.5 Å². The highest BCUT2D eigenvalue weighted by atomic mass is 32.2. The first-order valence-electron chi connectivity index (χ1n) is 5.13. The highest BCUT2D eigenvalue weighted by Gasteiger charge is 2.23. The van der Waals surface area contributed by atoms with Gasteiger partial charge in [0, 0.05) is 11.3 Å². The zero-order valence-electron chi connectivity index (χ0n) is 9.62. The molecule has 1 aromatic carbocycles. The Kier molecular flexibility index (Phi) is 4.91. The summed E-state index contributed by atoms with van der Waals surface area (Å²) in [5.74, 6) is -2.50. The molecule has 0 aliphatic heterocycles. The fraction of sp³-hybridized carbons (Fsp3) is 0.250. The Hall–Kier alpha value is -1.82. The van der Waals surface area contributed by atoms with Gasteiger partial charge in [-0.15, -0.1) is 11.8 Å². The van der Waals surface area contributed by atoms with Crippen LogP contribution in [0.3, 0.4) is 0 Å². The van der Waals surface area contributed by atoms with E-state index in [9.17, 15) is 14.4 Å². The van der Waals surface area contributed by atoms with Crippen molar-refractivity contribution < 1.29 is 24.6 Å². The third-order valence-electron chi connectivity index (χ3n) is 2.13. The summed E-state index contributed by atoms with van der Waals surface area (Å²) in [5.41, 5.74) is 0.0392. The predicted octanol–water partition coefficient (Wildman–Crippen LogP) is 1.91. The van der Waals surface area contributed by atoms with E-state index in [0.29, 0.717) is 4.90 Å². The molecule has 0 fully saturated rings. The molecule has 2 N–H and O–H groups in total. The molecular formula is C12H12O5S. The minimum Gasteiger partial charge on any atom is -0.480 e. The number of thioether (sulfide) groups is 1. The molecule has 0 radical (unpaired) electrons. The summed E-state index contributed by atoms with van der Waals surface area (Å²) in [6.45, 7) is 1.31. The molecule has 6 heteroatoms. The number of carboxylic acid groups (broad SMARTS) is 2. The molecule has 1 aromatic rings. The van der Waals surface area contributed by atoms with Gasteiger partial charge >= 0.3 is 11.9 Å². The largest absolute Gasteiger partial charge is 0.480 e. The van der Waals surface area contributed by atoms with Crippen LogP contribution in [0, 0.1) is 0 Å². The minimum absolute atomic E-state index is 0.0392. The highest BCUT2D eigenvalue weighted by Crippen LogP contribution is 2.29. The van der Waals surface area contributed by atoms with Crippen LogP contribution >= 0.6 is 11.8 Å². The molecule has 0 amide bonds. The van der Waals surface area contributed by atoms with Crippen LogP contribution in [0.15, 0.2) is 29.2 Å². The van der Waals surface area contributed by atoms with E-state index >= 15 is 0 Å². The summed E-state index contributed by atoms with van der Waals surface area (Å²) in [7, 11) is 0. The minimum atomic E-state index is -1.13. The third-order valence-corrected chi connectivity index (χ3v) is 3.40. The maximum atomic E-state index is 11.0. The van der Waals surface area contributed by atoms with Gasteiger partial charge < -0.3 is 10.2 Å². The van der Waals surface area contributed by atoms with Crippen LogP contribution in [0.1, 0.15) is 23.7 Å². The summed E-state index contributed by atoms with van der Waals surface area (Å²) in [4.78, 5) is 33.3. The van der Waals surface area contributed by atoms with E-state index in [1.54, 1.807) is 12.1 Å². The molecule has 5 nitrogen and oxygen atoms in total. The molecule has 1 rings (SSSR count). The zero-order chi connectivity index (χ0) is 13.7. The van der Waals surface area contributed by atoms with Gasteiger partial charge in [0.05, 0.1) is 5.56 Å². The van der Waals surface area contributed by atoms with Crippen LogP contribution in [-0.2, 0) is 9.59 Å². The van der Waals surface area contributed by atoms with Crippen LogP contribution in [0.4, 0.5) is 0 Å². The lowest BCUT2D eigenvalue weighted by Crippen LogP contribution is -2.19. The topological polar surface area (TPSA) is 91.7 Å². The number of hydrogen-bond acceptors (Lipinski definition) is 4. The molecular weight excluding hydrogens is 256 g/mol. The fourth-order valence-electron chi connectivity index (χ4n) is 1.34. The first-order valence-corrected chi connectivity index (χ1v) is 6.01. The average Bonchev–Trinajstić information content (AvgIpc) is 2.27. The molecule has 0 bridgehead atoms. The van der Waals surface area contributed by atoms with Gasteiger partial charge in [-0.2, -0.15) is 0 Å². The quantitative estimate of drug-likeness (QED) is 0.766. The summed E-state index contributed by atoms with van der Waals surface area (Å²) in [6.07, 6.45) is -0.131. The number of hydrogen-bond donors (Lipinski definition) is 2. The van der Waals surface area contributed by atoms with E-state index in [4.69, 9.17) is 10.2 Å². The Morgan fingerprint density at radius 3 is 2.33 bits per heavy atom. The molecule has 0 aromatic heterocycles. The number of carboxylic acids is 2. The monoisotopic (exact) mass is 268 g/mol. The molecule has 0 aliphatic carbocycles. The van der Waals surface area contributed by atoms with Crippen LogP contribution in [0.2, 0.25) is 0 Å². The third kappa shape index (κ3) is 3.89. The molecule has 1 unspecified atom stereocenters. The van der Waals surface area contributed by atoms with E-state index in [1.165, 1.54) is 19.1 Å². The van der Waals surface area contributed by atoms with Gasteiger partial charge in [0.1, 0.15) is 11.0 Å². The Bertz CT molecular complexity index is 483. The smallest absolute Gasteiger partial charge is 0.336 e. The average molecular weight is 268 g/mol. The number of aromatic carboxylic acids is 1. The van der Waals surface area contributed by atoms with Crippen LogP contribution < -0.4 is 0 Å². The molecule has 1 atom stereocenters. The number of carbonyl (C=O) groups is 3. The summed E-state index contributed by atoms with van der Waals surface area (Å²) in [6, 6.07) is 6.12. The van der Waals surface area contributed by atoms with Gasteiger partial charge in [-0.25, -0.2) is 4.79 Å². The molecule has 0 saturated heterocycles. The summed E-state index contributed by atoms with van der Waals surface area (Å²) >= 11 is 0.879. The van der Waals surface area contributed by atoms with E-state index in [2.05, 4.69) is 0 Å². The second-order valence-electron chi connectivity index (χ2n) is 3.65. The number of Topliss-reactive ketones (excluding diaryl/α,β-unsaturated/α-hetero) is 1. The van der Waals surface area contributed by atoms with Crippen molar-refractivity contribution in [1.29, 1.82) is 0 Å². The van der Waals surface area contributed by atoms with Crippen molar-refractivity contribution in [1.82, 2.24) is 0 Å². The molecule has 96 valence electrons. The van der Waals surface area contributed by atoms with Gasteiger partial charge in [0.2, 0.25) is 0 Å². The lowest BCUT2D eigenvalue weighted by atomic mass is 10.2. The maximum absolute atomic E-state index is 11.0. The van der Waals surface area contributed by atoms with E-state index in [1.807, 2.05) is 0 Å². The van der Waals surface area contributed by atoms with Gasteiger partial charge in [0.15, 0.2) is 0 Å². The van der Waals surface area contributed by atoms with Crippen molar-refractivity contribution in [3.05, 3.63) is 29.8 Å². The SMILES string of the molecule is CC(=O)CC(Sc1ccccc1C(=O)O)C(=O)O. The van der Waals surface area contributed by atoms with Crippen molar-refractivity contribution in [2.24, 2.45) is 0 Å². The number of aliphatic carboxylic acids is 1.